The normalized spacial score (nSPS) is 11.6. The average molecular weight is 737 g/mol. The van der Waals surface area contributed by atoms with Crippen LogP contribution in [0.4, 0.5) is 0 Å². The van der Waals surface area contributed by atoms with Crippen molar-refractivity contribution in [2.45, 2.75) is 0 Å². The lowest BCUT2D eigenvalue weighted by Crippen LogP contribution is -2.00. The smallest absolute Gasteiger partial charge is 0.165 e. The van der Waals surface area contributed by atoms with Gasteiger partial charge in [0.1, 0.15) is 11.2 Å². The van der Waals surface area contributed by atoms with E-state index < -0.39 is 0 Å². The highest BCUT2D eigenvalue weighted by Gasteiger charge is 2.22. The lowest BCUT2D eigenvalue weighted by Gasteiger charge is -2.10. The summed E-state index contributed by atoms with van der Waals surface area (Å²) < 4.78 is 8.44. The molecule has 7 nitrogen and oxygen atoms in total. The van der Waals surface area contributed by atoms with Crippen LogP contribution < -0.4 is 0 Å². The number of para-hydroxylation sites is 1. The fourth-order valence-electron chi connectivity index (χ4n) is 7.43. The van der Waals surface area contributed by atoms with Crippen LogP contribution in [0.2, 0.25) is 0 Å². The summed E-state index contributed by atoms with van der Waals surface area (Å²) in [6.45, 7) is 0. The minimum absolute atomic E-state index is 0.580. The van der Waals surface area contributed by atoms with Gasteiger partial charge in [-0.1, -0.05) is 146 Å². The molecule has 0 aliphatic heterocycles. The quantitative estimate of drug-likeness (QED) is 0.168. The maximum absolute atomic E-state index is 6.26. The second-order valence-corrected chi connectivity index (χ2v) is 14.5. The molecule has 4 aromatic heterocycles. The number of aromatic nitrogens is 6. The zero-order chi connectivity index (χ0) is 37.0. The SMILES string of the molecule is c1ccc(-c2nc(-c3cccc4c3sc3cccc(-c5nc(-c6ccccc6)nc(-c6ccccc6)n5)c34)nc(-c3cccc4oc5ccccc5c34)n2)cc1. The Balaban J connectivity index is 1.13. The summed E-state index contributed by atoms with van der Waals surface area (Å²) in [5.74, 6) is 3.63. The van der Waals surface area contributed by atoms with Crippen molar-refractivity contribution >= 4 is 53.4 Å². The first-order valence-corrected chi connectivity index (χ1v) is 19.1. The summed E-state index contributed by atoms with van der Waals surface area (Å²) in [7, 11) is 0. The van der Waals surface area contributed by atoms with Gasteiger partial charge in [-0.2, -0.15) is 0 Å². The highest BCUT2D eigenvalue weighted by Crippen LogP contribution is 2.44. The summed E-state index contributed by atoms with van der Waals surface area (Å²) in [5.41, 5.74) is 7.11. The van der Waals surface area contributed by atoms with E-state index in [4.69, 9.17) is 34.3 Å². The van der Waals surface area contributed by atoms with Crippen molar-refractivity contribution in [1.29, 1.82) is 0 Å². The molecule has 0 spiro atoms. The van der Waals surface area contributed by atoms with Crippen LogP contribution in [-0.4, -0.2) is 29.9 Å². The Hall–Kier alpha value is -7.42. The Labute approximate surface area is 324 Å². The van der Waals surface area contributed by atoms with E-state index in [1.165, 1.54) is 0 Å². The lowest BCUT2D eigenvalue weighted by atomic mass is 10.0. The molecule has 11 rings (SSSR count). The first-order chi connectivity index (χ1) is 27.7. The Morgan fingerprint density at radius 1 is 0.321 bits per heavy atom. The van der Waals surface area contributed by atoms with Gasteiger partial charge < -0.3 is 4.42 Å². The van der Waals surface area contributed by atoms with Gasteiger partial charge in [0.25, 0.3) is 0 Å². The molecule has 56 heavy (non-hydrogen) atoms. The molecule has 0 saturated carbocycles. The van der Waals surface area contributed by atoms with Gasteiger partial charge in [0.2, 0.25) is 0 Å². The standard InChI is InChI=1S/C48H28N6OS/c1-4-15-29(16-5-1)43-49-44(30-17-6-2-7-18-30)51-47(50-43)35-24-14-28-39-41(35)33-22-12-25-36(42(33)56-39)48-53-45(31-19-8-3-9-20-31)52-46(54-48)34-23-13-27-38-40(34)32-21-10-11-26-37(32)55-38/h1-28H. The van der Waals surface area contributed by atoms with Gasteiger partial charge in [0.05, 0.1) is 0 Å². The minimum Gasteiger partial charge on any atom is -0.456 e. The molecule has 4 heterocycles. The Morgan fingerprint density at radius 2 is 0.750 bits per heavy atom. The third-order valence-electron chi connectivity index (χ3n) is 10.0. The van der Waals surface area contributed by atoms with E-state index in [2.05, 4.69) is 48.5 Å². The Bertz CT molecular complexity index is 3200. The lowest BCUT2D eigenvalue weighted by molar-refractivity contribution is 0.669. The molecular formula is C48H28N6OS. The Kier molecular flexibility index (Phi) is 7.53. The second-order valence-electron chi connectivity index (χ2n) is 13.5. The van der Waals surface area contributed by atoms with E-state index in [1.807, 2.05) is 121 Å². The number of furan rings is 1. The molecule has 0 radical (unpaired) electrons. The molecule has 0 atom stereocenters. The number of hydrogen-bond donors (Lipinski definition) is 0. The van der Waals surface area contributed by atoms with E-state index in [1.54, 1.807) is 11.3 Å². The monoisotopic (exact) mass is 736 g/mol. The van der Waals surface area contributed by atoms with Crippen LogP contribution in [0.5, 0.6) is 0 Å². The molecule has 11 aromatic rings. The molecule has 0 bridgehead atoms. The maximum atomic E-state index is 6.26. The van der Waals surface area contributed by atoms with Crippen molar-refractivity contribution in [3.63, 3.8) is 0 Å². The number of thiophene rings is 1. The fraction of sp³-hybridized carbons (Fsp3) is 0. The van der Waals surface area contributed by atoms with Crippen LogP contribution in [0.3, 0.4) is 0 Å². The van der Waals surface area contributed by atoms with E-state index in [9.17, 15) is 0 Å². The average Bonchev–Trinajstić information content (AvgIpc) is 3.86. The first-order valence-electron chi connectivity index (χ1n) is 18.3. The summed E-state index contributed by atoms with van der Waals surface area (Å²) in [6.07, 6.45) is 0. The van der Waals surface area contributed by atoms with E-state index in [-0.39, 0.29) is 0 Å². The van der Waals surface area contributed by atoms with Crippen molar-refractivity contribution in [3.05, 3.63) is 170 Å². The van der Waals surface area contributed by atoms with Crippen molar-refractivity contribution in [2.24, 2.45) is 0 Å². The van der Waals surface area contributed by atoms with Gasteiger partial charge in [-0.25, -0.2) is 29.9 Å². The van der Waals surface area contributed by atoms with Crippen LogP contribution in [0, 0.1) is 0 Å². The van der Waals surface area contributed by atoms with E-state index in [0.717, 1.165) is 75.5 Å². The summed E-state index contributed by atoms with van der Waals surface area (Å²) in [5, 5.41) is 4.15. The topological polar surface area (TPSA) is 90.5 Å². The predicted octanol–water partition coefficient (Wildman–Crippen LogP) is 12.3. The van der Waals surface area contributed by atoms with Gasteiger partial charge in [0.15, 0.2) is 34.9 Å². The maximum Gasteiger partial charge on any atom is 0.165 e. The number of hydrogen-bond acceptors (Lipinski definition) is 8. The molecule has 262 valence electrons. The summed E-state index contributed by atoms with van der Waals surface area (Å²) in [4.78, 5) is 30.6. The van der Waals surface area contributed by atoms with Crippen LogP contribution in [0.1, 0.15) is 0 Å². The Morgan fingerprint density at radius 3 is 1.38 bits per heavy atom. The van der Waals surface area contributed by atoms with Crippen molar-refractivity contribution in [3.8, 4) is 68.3 Å². The van der Waals surface area contributed by atoms with Crippen molar-refractivity contribution in [2.75, 3.05) is 0 Å². The van der Waals surface area contributed by atoms with Crippen LogP contribution >= 0.6 is 11.3 Å². The molecule has 0 saturated heterocycles. The summed E-state index contributed by atoms with van der Waals surface area (Å²) >= 11 is 1.72. The first kappa shape index (κ1) is 32.0. The van der Waals surface area contributed by atoms with Crippen molar-refractivity contribution < 1.29 is 4.42 Å². The zero-order valence-corrected chi connectivity index (χ0v) is 30.5. The number of nitrogens with zero attached hydrogens (tertiary/aromatic N) is 6. The van der Waals surface area contributed by atoms with Gasteiger partial charge in [-0.05, 0) is 24.3 Å². The molecule has 0 fully saturated rings. The van der Waals surface area contributed by atoms with E-state index in [0.29, 0.717) is 34.9 Å². The molecule has 0 N–H and O–H groups in total. The third-order valence-corrected chi connectivity index (χ3v) is 11.2. The highest BCUT2D eigenvalue weighted by atomic mass is 32.1. The van der Waals surface area contributed by atoms with Gasteiger partial charge in [0, 0.05) is 64.3 Å². The zero-order valence-electron chi connectivity index (χ0n) is 29.7. The fourth-order valence-corrected chi connectivity index (χ4v) is 8.67. The van der Waals surface area contributed by atoms with Crippen molar-refractivity contribution in [1.82, 2.24) is 29.9 Å². The summed E-state index contributed by atoms with van der Waals surface area (Å²) in [6, 6.07) is 57.0. The highest BCUT2D eigenvalue weighted by molar-refractivity contribution is 7.26. The largest absolute Gasteiger partial charge is 0.456 e. The number of benzene rings is 7. The molecule has 0 aliphatic carbocycles. The predicted molar refractivity (Wildman–Crippen MR) is 226 cm³/mol. The molecule has 7 aromatic carbocycles. The molecular weight excluding hydrogens is 709 g/mol. The number of fused-ring (bicyclic) bond motifs is 6. The van der Waals surface area contributed by atoms with Gasteiger partial charge in [-0.3, -0.25) is 0 Å². The third kappa shape index (κ3) is 5.42. The molecule has 8 heteroatoms. The minimum atomic E-state index is 0.580. The van der Waals surface area contributed by atoms with Crippen LogP contribution in [0.15, 0.2) is 174 Å². The van der Waals surface area contributed by atoms with Crippen LogP contribution in [0.25, 0.3) is 110 Å². The molecule has 0 unspecified atom stereocenters. The van der Waals surface area contributed by atoms with Gasteiger partial charge >= 0.3 is 0 Å². The number of rotatable bonds is 6. The molecule has 0 amide bonds. The van der Waals surface area contributed by atoms with Gasteiger partial charge in [-0.15, -0.1) is 11.3 Å². The molecule has 0 aliphatic rings. The second kappa shape index (κ2) is 13.2. The van der Waals surface area contributed by atoms with E-state index >= 15 is 0 Å². The van der Waals surface area contributed by atoms with Crippen LogP contribution in [-0.2, 0) is 0 Å².